The van der Waals surface area contributed by atoms with Gasteiger partial charge in [-0.05, 0) is 17.7 Å². The van der Waals surface area contributed by atoms with Crippen molar-refractivity contribution in [1.82, 2.24) is 0 Å². The summed E-state index contributed by atoms with van der Waals surface area (Å²) in [5.74, 6) is -0.540. The number of benzene rings is 1. The summed E-state index contributed by atoms with van der Waals surface area (Å²) in [4.78, 5) is 3.37. The van der Waals surface area contributed by atoms with Crippen molar-refractivity contribution in [1.29, 1.82) is 5.26 Å². The van der Waals surface area contributed by atoms with E-state index in [0.717, 1.165) is 0 Å². The molecule has 0 bridgehead atoms. The molecule has 4 heteroatoms. The molecule has 0 heterocycles. The largest absolute Gasteiger partial charge is 0.504 e. The third kappa shape index (κ3) is 1.64. The van der Waals surface area contributed by atoms with Crippen LogP contribution in [-0.4, -0.2) is 5.11 Å². The van der Waals surface area contributed by atoms with E-state index >= 15 is 0 Å². The second-order valence-corrected chi connectivity index (χ2v) is 2.21. The van der Waals surface area contributed by atoms with Crippen LogP contribution in [0.2, 0.25) is 0 Å². The second-order valence-electron chi connectivity index (χ2n) is 2.21. The maximum Gasteiger partial charge on any atom is 0.213 e. The smallest absolute Gasteiger partial charge is 0.213 e. The Kier molecular flexibility index (Phi) is 2.49. The molecule has 1 N–H and O–H groups in total. The molecule has 0 aliphatic carbocycles. The molecule has 3 nitrogen and oxygen atoms in total. The van der Waals surface area contributed by atoms with Crippen LogP contribution in [-0.2, 0) is 6.42 Å². The van der Waals surface area contributed by atoms with Crippen molar-refractivity contribution in [2.45, 2.75) is 6.42 Å². The summed E-state index contributed by atoms with van der Waals surface area (Å²) in [6.07, 6.45) is 0.163. The van der Waals surface area contributed by atoms with Crippen LogP contribution in [0.5, 0.6) is 11.5 Å². The van der Waals surface area contributed by atoms with Gasteiger partial charge in [0.2, 0.25) is 5.75 Å². The molecule has 1 rings (SSSR count). The number of phenolic OH excluding ortho intramolecular Hbond substituents is 1. The molecule has 62 valence electrons. The monoisotopic (exact) mass is 167 g/mol. The average Bonchev–Trinajstić information content (AvgIpc) is 2.09. The summed E-state index contributed by atoms with van der Waals surface area (Å²) in [5.41, 5.74) is 0.600. The standard InChI is InChI=1S/C8H6FNO2/c9-12-8-5-6(3-4-10)1-2-7(8)11/h1-2,5,11H,3H2. The molecule has 0 aromatic heterocycles. The molecular formula is C8H6FNO2. The van der Waals surface area contributed by atoms with Gasteiger partial charge in [-0.15, -0.1) is 0 Å². The predicted molar refractivity (Wildman–Crippen MR) is 39.2 cm³/mol. The van der Waals surface area contributed by atoms with Crippen LogP contribution in [0.1, 0.15) is 5.56 Å². The van der Waals surface area contributed by atoms with Gasteiger partial charge in [0.15, 0.2) is 5.75 Å². The van der Waals surface area contributed by atoms with Crippen LogP contribution in [0.25, 0.3) is 0 Å². The Morgan fingerprint density at radius 2 is 2.33 bits per heavy atom. The number of aromatic hydroxyl groups is 1. The lowest BCUT2D eigenvalue weighted by atomic mass is 10.1. The van der Waals surface area contributed by atoms with Crippen LogP contribution in [0, 0.1) is 11.3 Å². The van der Waals surface area contributed by atoms with E-state index in [1.54, 1.807) is 0 Å². The Hall–Kier alpha value is -1.76. The highest BCUT2D eigenvalue weighted by atomic mass is 19.3. The fourth-order valence-corrected chi connectivity index (χ4v) is 0.822. The van der Waals surface area contributed by atoms with Gasteiger partial charge in [-0.3, -0.25) is 4.94 Å². The minimum atomic E-state index is -0.279. The predicted octanol–water partition coefficient (Wildman–Crippen LogP) is 1.72. The van der Waals surface area contributed by atoms with Crippen molar-refractivity contribution < 1.29 is 14.6 Å². The minimum Gasteiger partial charge on any atom is -0.504 e. The molecule has 12 heavy (non-hydrogen) atoms. The molecule has 0 amide bonds. The number of halogens is 1. The molecule has 1 aromatic rings. The van der Waals surface area contributed by atoms with Crippen molar-refractivity contribution in [2.24, 2.45) is 0 Å². The fourth-order valence-electron chi connectivity index (χ4n) is 0.822. The van der Waals surface area contributed by atoms with Gasteiger partial charge in [0.05, 0.1) is 12.5 Å². The first-order chi connectivity index (χ1) is 5.77. The summed E-state index contributed by atoms with van der Waals surface area (Å²) in [6.45, 7) is 0. The van der Waals surface area contributed by atoms with Gasteiger partial charge < -0.3 is 5.11 Å². The zero-order chi connectivity index (χ0) is 8.97. The third-order valence-electron chi connectivity index (χ3n) is 1.39. The molecular weight excluding hydrogens is 161 g/mol. The molecule has 0 unspecified atom stereocenters. The van der Waals surface area contributed by atoms with Crippen LogP contribution in [0.4, 0.5) is 4.53 Å². The zero-order valence-electron chi connectivity index (χ0n) is 6.12. The van der Waals surface area contributed by atoms with E-state index in [-0.39, 0.29) is 17.9 Å². The van der Waals surface area contributed by atoms with E-state index in [0.29, 0.717) is 5.56 Å². The van der Waals surface area contributed by atoms with Gasteiger partial charge >= 0.3 is 0 Å². The highest BCUT2D eigenvalue weighted by Crippen LogP contribution is 2.26. The summed E-state index contributed by atoms with van der Waals surface area (Å²) in [5, 5.41) is 17.3. The van der Waals surface area contributed by atoms with Crippen LogP contribution in [0.15, 0.2) is 18.2 Å². The first-order valence-electron chi connectivity index (χ1n) is 3.25. The normalized spacial score (nSPS) is 9.00. The average molecular weight is 167 g/mol. The van der Waals surface area contributed by atoms with Gasteiger partial charge in [-0.2, -0.15) is 5.26 Å². The molecule has 0 aliphatic heterocycles. The lowest BCUT2D eigenvalue weighted by molar-refractivity contribution is -0.00901. The molecule has 0 saturated heterocycles. The Morgan fingerprint density at radius 1 is 1.58 bits per heavy atom. The molecule has 0 fully saturated rings. The highest BCUT2D eigenvalue weighted by molar-refractivity contribution is 5.42. The fraction of sp³-hybridized carbons (Fsp3) is 0.125. The number of nitrogens with zero attached hydrogens (tertiary/aromatic N) is 1. The van der Waals surface area contributed by atoms with Crippen LogP contribution in [0.3, 0.4) is 0 Å². The Bertz CT molecular complexity index is 319. The van der Waals surface area contributed by atoms with E-state index in [9.17, 15) is 4.53 Å². The van der Waals surface area contributed by atoms with Gasteiger partial charge in [-0.1, -0.05) is 6.07 Å². The number of rotatable bonds is 2. The summed E-state index contributed by atoms with van der Waals surface area (Å²) < 4.78 is 11.7. The summed E-state index contributed by atoms with van der Waals surface area (Å²) in [6, 6.07) is 5.98. The van der Waals surface area contributed by atoms with E-state index in [1.807, 2.05) is 6.07 Å². The quantitative estimate of drug-likeness (QED) is 0.729. The van der Waals surface area contributed by atoms with Crippen LogP contribution < -0.4 is 4.94 Å². The Morgan fingerprint density at radius 3 is 2.92 bits per heavy atom. The van der Waals surface area contributed by atoms with Gasteiger partial charge in [-0.25, -0.2) is 0 Å². The SMILES string of the molecule is N#CCc1ccc(O)c(OF)c1. The van der Waals surface area contributed by atoms with Gasteiger partial charge in [0.1, 0.15) is 0 Å². The van der Waals surface area contributed by atoms with Crippen molar-refractivity contribution in [3.63, 3.8) is 0 Å². The Balaban J connectivity index is 2.98. The van der Waals surface area contributed by atoms with Gasteiger partial charge in [0.25, 0.3) is 0 Å². The van der Waals surface area contributed by atoms with E-state index in [4.69, 9.17) is 10.4 Å². The van der Waals surface area contributed by atoms with Crippen molar-refractivity contribution >= 4 is 0 Å². The molecule has 0 saturated carbocycles. The molecule has 0 aliphatic rings. The minimum absolute atomic E-state index is 0.163. The van der Waals surface area contributed by atoms with Crippen molar-refractivity contribution in [3.05, 3.63) is 23.8 Å². The molecule has 0 spiro atoms. The summed E-state index contributed by atoms with van der Waals surface area (Å²) in [7, 11) is 0. The molecule has 0 radical (unpaired) electrons. The summed E-state index contributed by atoms with van der Waals surface area (Å²) >= 11 is 0. The lowest BCUT2D eigenvalue weighted by Crippen LogP contribution is -1.83. The first kappa shape index (κ1) is 8.34. The first-order valence-corrected chi connectivity index (χ1v) is 3.25. The van der Waals surface area contributed by atoms with Crippen molar-refractivity contribution in [2.75, 3.05) is 0 Å². The second kappa shape index (κ2) is 3.58. The molecule has 1 aromatic carbocycles. The zero-order valence-corrected chi connectivity index (χ0v) is 6.12. The third-order valence-corrected chi connectivity index (χ3v) is 1.39. The number of hydrogen-bond donors (Lipinski definition) is 1. The Labute approximate surface area is 68.5 Å². The number of hydrogen-bond acceptors (Lipinski definition) is 3. The maximum atomic E-state index is 11.7. The molecule has 0 atom stereocenters. The van der Waals surface area contributed by atoms with E-state index in [2.05, 4.69) is 4.94 Å². The number of phenols is 1. The van der Waals surface area contributed by atoms with Crippen molar-refractivity contribution in [3.8, 4) is 17.6 Å². The van der Waals surface area contributed by atoms with E-state index < -0.39 is 0 Å². The highest BCUT2D eigenvalue weighted by Gasteiger charge is 2.03. The number of nitriles is 1. The van der Waals surface area contributed by atoms with E-state index in [1.165, 1.54) is 18.2 Å². The maximum absolute atomic E-state index is 11.7. The van der Waals surface area contributed by atoms with Gasteiger partial charge in [0, 0.05) is 4.53 Å². The van der Waals surface area contributed by atoms with Crippen LogP contribution >= 0.6 is 0 Å². The topological polar surface area (TPSA) is 53.2 Å². The lowest BCUT2D eigenvalue weighted by Gasteiger charge is -1.99.